The quantitative estimate of drug-likeness (QED) is 0.0815. The molecule has 36 heavy (non-hydrogen) atoms. The first-order chi connectivity index (χ1) is 17.5. The van der Waals surface area contributed by atoms with Crippen molar-refractivity contribution in [1.29, 1.82) is 0 Å². The number of nitrogens with one attached hydrogen (secondary N) is 4. The zero-order valence-electron chi connectivity index (χ0n) is 21.8. The topological polar surface area (TPSA) is 114 Å². The third kappa shape index (κ3) is 11.4. The average molecular weight is 573 g/mol. The maximum absolute atomic E-state index is 5.26. The van der Waals surface area contributed by atoms with Crippen molar-refractivity contribution < 1.29 is 0 Å². The van der Waals surface area contributed by atoms with E-state index in [9.17, 15) is 0 Å². The number of unbranched alkanes of at least 4 members (excludes halogenated alkanes) is 3. The highest BCUT2D eigenvalue weighted by Crippen LogP contribution is 2.16. The minimum atomic E-state index is 0.478. The first-order valence-corrected chi connectivity index (χ1v) is 15.4. The Labute approximate surface area is 233 Å². The van der Waals surface area contributed by atoms with E-state index < -0.39 is 0 Å². The van der Waals surface area contributed by atoms with Crippen LogP contribution in [0.2, 0.25) is 0 Å². The number of thioether (sulfide) groups is 2. The molecule has 10 nitrogen and oxygen atoms in total. The summed E-state index contributed by atoms with van der Waals surface area (Å²) in [6.45, 7) is 13.9. The summed E-state index contributed by atoms with van der Waals surface area (Å²) in [4.78, 5) is 28.3. The Bertz CT molecular complexity index is 912. The molecule has 0 atom stereocenters. The lowest BCUT2D eigenvalue weighted by Crippen LogP contribution is -2.24. The molecule has 2 rings (SSSR count). The molecule has 0 radical (unpaired) electrons. The van der Waals surface area contributed by atoms with Crippen molar-refractivity contribution in [3.8, 4) is 0 Å². The summed E-state index contributed by atoms with van der Waals surface area (Å²) < 4.78 is 0.955. The summed E-state index contributed by atoms with van der Waals surface area (Å²) in [6.07, 6.45) is 4.71. The summed E-state index contributed by atoms with van der Waals surface area (Å²) >= 11 is 13.7. The van der Waals surface area contributed by atoms with E-state index in [-0.39, 0.29) is 0 Å². The van der Waals surface area contributed by atoms with Gasteiger partial charge in [-0.25, -0.2) is 0 Å². The lowest BCUT2D eigenvalue weighted by Gasteiger charge is -2.19. The van der Waals surface area contributed by atoms with Crippen molar-refractivity contribution in [2.45, 2.75) is 63.7 Å². The fourth-order valence-corrected chi connectivity index (χ4v) is 5.25. The van der Waals surface area contributed by atoms with Crippen LogP contribution in [0, 0.1) is 9.54 Å². The predicted octanol–water partition coefficient (Wildman–Crippen LogP) is 4.61. The first kappa shape index (κ1) is 30.9. The van der Waals surface area contributed by atoms with Gasteiger partial charge in [0.25, 0.3) is 0 Å². The number of anilines is 2. The van der Waals surface area contributed by atoms with Crippen LogP contribution in [0.15, 0.2) is 10.3 Å². The number of hydrogen-bond donors (Lipinski definition) is 4. The molecule has 0 unspecified atom stereocenters. The number of nitrogens with zero attached hydrogens (tertiary/aromatic N) is 6. The van der Waals surface area contributed by atoms with Crippen molar-refractivity contribution in [2.75, 3.05) is 60.8 Å². The van der Waals surface area contributed by atoms with E-state index in [0.717, 1.165) is 75.8 Å². The van der Waals surface area contributed by atoms with Crippen molar-refractivity contribution in [2.24, 2.45) is 0 Å². The molecule has 2 heterocycles. The third-order valence-corrected chi connectivity index (χ3v) is 7.39. The van der Waals surface area contributed by atoms with Gasteiger partial charge >= 0.3 is 0 Å². The lowest BCUT2D eigenvalue weighted by atomic mass is 10.2. The molecule has 4 N–H and O–H groups in total. The normalized spacial score (nSPS) is 11.1. The number of aromatic nitrogens is 6. The van der Waals surface area contributed by atoms with Crippen LogP contribution in [0.25, 0.3) is 0 Å². The largest absolute Gasteiger partial charge is 0.343 e. The molecule has 0 aliphatic heterocycles. The summed E-state index contributed by atoms with van der Waals surface area (Å²) in [7, 11) is 0. The monoisotopic (exact) mass is 572 g/mol. The molecule has 0 bridgehead atoms. The van der Waals surface area contributed by atoms with Gasteiger partial charge in [-0.05, 0) is 78.1 Å². The summed E-state index contributed by atoms with van der Waals surface area (Å²) in [5, 5.41) is 8.35. The Morgan fingerprint density at radius 2 is 1.03 bits per heavy atom. The lowest BCUT2D eigenvalue weighted by molar-refractivity contribution is 0.594. The number of aromatic amines is 2. The minimum absolute atomic E-state index is 0.478. The van der Waals surface area contributed by atoms with E-state index in [4.69, 9.17) is 24.4 Å². The second-order valence-corrected chi connectivity index (χ2v) is 10.5. The molecule has 0 saturated carbocycles. The van der Waals surface area contributed by atoms with Crippen LogP contribution in [0.4, 0.5) is 11.9 Å². The van der Waals surface area contributed by atoms with Gasteiger partial charge in [0.2, 0.25) is 21.4 Å². The molecule has 2 aromatic heterocycles. The van der Waals surface area contributed by atoms with Gasteiger partial charge in [-0.1, -0.05) is 36.4 Å². The van der Waals surface area contributed by atoms with E-state index in [1.165, 1.54) is 12.8 Å². The fraction of sp³-hybridized carbons (Fsp3) is 0.727. The van der Waals surface area contributed by atoms with Gasteiger partial charge in [-0.15, -0.1) is 0 Å². The molecule has 0 aliphatic carbocycles. The Hall–Kier alpha value is -1.32. The molecule has 0 amide bonds. The highest BCUT2D eigenvalue weighted by molar-refractivity contribution is 7.99. The van der Waals surface area contributed by atoms with Gasteiger partial charge in [0.05, 0.1) is 0 Å². The average Bonchev–Trinajstić information content (AvgIpc) is 2.85. The Balaban J connectivity index is 1.53. The zero-order valence-corrected chi connectivity index (χ0v) is 25.1. The van der Waals surface area contributed by atoms with Crippen LogP contribution in [0.1, 0.15) is 53.4 Å². The van der Waals surface area contributed by atoms with Crippen molar-refractivity contribution in [3.05, 3.63) is 9.54 Å². The molecule has 0 aliphatic rings. The Kier molecular flexibility index (Phi) is 15.5. The summed E-state index contributed by atoms with van der Waals surface area (Å²) in [5.74, 6) is 3.13. The third-order valence-electron chi connectivity index (χ3n) is 5.42. The molecule has 2 aromatic rings. The summed E-state index contributed by atoms with van der Waals surface area (Å²) in [6, 6.07) is 0. The molecule has 0 spiro atoms. The van der Waals surface area contributed by atoms with Gasteiger partial charge < -0.3 is 30.4 Å². The molecular weight excluding hydrogens is 533 g/mol. The maximum Gasteiger partial charge on any atom is 0.207 e. The van der Waals surface area contributed by atoms with E-state index in [2.05, 4.69) is 78.0 Å². The highest BCUT2D eigenvalue weighted by Gasteiger charge is 2.08. The van der Waals surface area contributed by atoms with Gasteiger partial charge in [0.1, 0.15) is 0 Å². The van der Waals surface area contributed by atoms with Crippen LogP contribution in [-0.4, -0.2) is 80.9 Å². The van der Waals surface area contributed by atoms with Crippen molar-refractivity contribution >= 4 is 59.9 Å². The van der Waals surface area contributed by atoms with Crippen LogP contribution in [0.3, 0.4) is 0 Å². The highest BCUT2D eigenvalue weighted by atomic mass is 32.2. The van der Waals surface area contributed by atoms with Gasteiger partial charge in [0, 0.05) is 37.9 Å². The fourth-order valence-electron chi connectivity index (χ4n) is 3.41. The van der Waals surface area contributed by atoms with Gasteiger partial charge in [0.15, 0.2) is 10.3 Å². The molecule has 0 aromatic carbocycles. The van der Waals surface area contributed by atoms with Crippen LogP contribution in [0.5, 0.6) is 0 Å². The molecule has 0 saturated heterocycles. The van der Waals surface area contributed by atoms with E-state index in [1.54, 1.807) is 23.5 Å². The smallest absolute Gasteiger partial charge is 0.207 e. The number of hydrogen-bond acceptors (Lipinski definition) is 12. The van der Waals surface area contributed by atoms with Crippen molar-refractivity contribution in [3.63, 3.8) is 0 Å². The minimum Gasteiger partial charge on any atom is -0.343 e. The predicted molar refractivity (Wildman–Crippen MR) is 157 cm³/mol. The standard InChI is InChI=1S/C22H40N10S4/c1-5-31(6-2)17-25-19(33)29-21(27-17)35-15-23-13-11-9-10-12-14-24-16-36-22-28-18(26-20(34)30-22)32(7-3)8-4/h23-24H,5-16H2,1-4H3,(H,25,27,29,33)(H,26,28,30,34). The molecule has 0 fully saturated rings. The number of rotatable bonds is 19. The second-order valence-electron chi connectivity index (χ2n) is 7.86. The van der Waals surface area contributed by atoms with E-state index >= 15 is 0 Å². The summed E-state index contributed by atoms with van der Waals surface area (Å²) in [5.41, 5.74) is 0. The zero-order chi connectivity index (χ0) is 26.2. The molecule has 14 heteroatoms. The molecule has 202 valence electrons. The van der Waals surface area contributed by atoms with Gasteiger partial charge in [-0.3, -0.25) is 0 Å². The van der Waals surface area contributed by atoms with Crippen molar-refractivity contribution in [1.82, 2.24) is 40.5 Å². The number of H-pyrrole nitrogens is 2. The maximum atomic E-state index is 5.26. The Morgan fingerprint density at radius 3 is 1.39 bits per heavy atom. The van der Waals surface area contributed by atoms with Crippen LogP contribution in [-0.2, 0) is 0 Å². The molecular formula is C22H40N10S4. The van der Waals surface area contributed by atoms with Gasteiger partial charge in [-0.2, -0.15) is 19.9 Å². The van der Waals surface area contributed by atoms with Crippen LogP contribution >= 0.6 is 48.0 Å². The SMILES string of the molecule is CCN(CC)c1nc(SCNCCCCCCNCSc2nc(N(CC)CC)[nH]c(=S)n2)nc(=S)[nH]1. The van der Waals surface area contributed by atoms with Crippen LogP contribution < -0.4 is 20.4 Å². The Morgan fingerprint density at radius 1 is 0.639 bits per heavy atom. The first-order valence-electron chi connectivity index (χ1n) is 12.6. The second kappa shape index (κ2) is 18.0. The van der Waals surface area contributed by atoms with E-state index in [1.807, 2.05) is 0 Å². The van der Waals surface area contributed by atoms with E-state index in [0.29, 0.717) is 19.9 Å².